The molecule has 1 heterocycles. The van der Waals surface area contributed by atoms with Crippen LogP contribution in [0.15, 0.2) is 48.5 Å². The highest BCUT2D eigenvalue weighted by Crippen LogP contribution is 2.15. The number of carbonyl (C=O) groups is 2. The first kappa shape index (κ1) is 18.0. The molecule has 3 rings (SSSR count). The molecule has 1 fully saturated rings. The Kier molecular flexibility index (Phi) is 5.89. The highest BCUT2D eigenvalue weighted by atomic mass is 16.5. The lowest BCUT2D eigenvalue weighted by Crippen LogP contribution is -2.23. The summed E-state index contributed by atoms with van der Waals surface area (Å²) in [5.41, 5.74) is 2.63. The third-order valence-electron chi connectivity index (χ3n) is 4.52. The predicted molar refractivity (Wildman–Crippen MR) is 98.1 cm³/mol. The minimum absolute atomic E-state index is 0.201. The minimum atomic E-state index is -0.331. The van der Waals surface area contributed by atoms with Gasteiger partial charge in [0, 0.05) is 25.9 Å². The molecule has 0 radical (unpaired) electrons. The number of likely N-dealkylation sites (tertiary alicyclic amines) is 1. The number of benzene rings is 2. The molecule has 0 saturated carbocycles. The van der Waals surface area contributed by atoms with Gasteiger partial charge >= 0.3 is 5.97 Å². The topological polar surface area (TPSA) is 55.8 Å². The molecule has 0 atom stereocenters. The molecule has 1 aliphatic heterocycles. The van der Waals surface area contributed by atoms with Gasteiger partial charge < -0.3 is 14.4 Å². The van der Waals surface area contributed by atoms with Gasteiger partial charge in [-0.25, -0.2) is 4.79 Å². The van der Waals surface area contributed by atoms with Crippen molar-refractivity contribution in [2.45, 2.75) is 25.8 Å². The van der Waals surface area contributed by atoms with Gasteiger partial charge in [0.2, 0.25) is 5.91 Å². The molecule has 2 aromatic rings. The van der Waals surface area contributed by atoms with Crippen molar-refractivity contribution in [3.63, 3.8) is 0 Å². The highest BCUT2D eigenvalue weighted by Gasteiger charge is 2.20. The van der Waals surface area contributed by atoms with Crippen LogP contribution in [-0.2, 0) is 22.5 Å². The van der Waals surface area contributed by atoms with E-state index < -0.39 is 0 Å². The summed E-state index contributed by atoms with van der Waals surface area (Å²) in [6, 6.07) is 15.0. The molecule has 1 aliphatic rings. The SMILES string of the molecule is COc1ccc(CCOC(=O)c2ccc(CN3CCCC3=O)cc2)cc1. The molecule has 5 nitrogen and oxygen atoms in total. The molecule has 1 amide bonds. The number of amides is 1. The number of hydrogen-bond donors (Lipinski definition) is 0. The van der Waals surface area contributed by atoms with Gasteiger partial charge in [-0.2, -0.15) is 0 Å². The zero-order valence-electron chi connectivity index (χ0n) is 14.9. The summed E-state index contributed by atoms with van der Waals surface area (Å²) >= 11 is 0. The summed E-state index contributed by atoms with van der Waals surface area (Å²) in [6.45, 7) is 1.74. The fourth-order valence-corrected chi connectivity index (χ4v) is 2.97. The van der Waals surface area contributed by atoms with E-state index in [1.807, 2.05) is 41.3 Å². The first-order valence-corrected chi connectivity index (χ1v) is 8.82. The maximum atomic E-state index is 12.1. The normalized spacial score (nSPS) is 13.7. The summed E-state index contributed by atoms with van der Waals surface area (Å²) in [7, 11) is 1.63. The quantitative estimate of drug-likeness (QED) is 0.717. The van der Waals surface area contributed by atoms with Gasteiger partial charge in [0.25, 0.3) is 0 Å². The molecule has 0 bridgehead atoms. The molecular weight excluding hydrogens is 330 g/mol. The Balaban J connectivity index is 1.47. The van der Waals surface area contributed by atoms with E-state index in [9.17, 15) is 9.59 Å². The van der Waals surface area contributed by atoms with Gasteiger partial charge in [-0.15, -0.1) is 0 Å². The molecule has 0 N–H and O–H groups in total. The van der Waals surface area contributed by atoms with Crippen molar-refractivity contribution in [2.75, 3.05) is 20.3 Å². The Labute approximate surface area is 153 Å². The van der Waals surface area contributed by atoms with Crippen LogP contribution < -0.4 is 4.74 Å². The minimum Gasteiger partial charge on any atom is -0.497 e. The van der Waals surface area contributed by atoms with E-state index in [4.69, 9.17) is 9.47 Å². The lowest BCUT2D eigenvalue weighted by Gasteiger charge is -2.15. The van der Waals surface area contributed by atoms with E-state index in [0.717, 1.165) is 29.8 Å². The predicted octanol–water partition coefficient (Wildman–Crippen LogP) is 3.22. The van der Waals surface area contributed by atoms with Crippen molar-refractivity contribution < 1.29 is 19.1 Å². The van der Waals surface area contributed by atoms with Crippen molar-refractivity contribution in [2.24, 2.45) is 0 Å². The number of esters is 1. The van der Waals surface area contributed by atoms with E-state index in [1.54, 1.807) is 19.2 Å². The first-order valence-electron chi connectivity index (χ1n) is 8.82. The Bertz CT molecular complexity index is 753. The number of hydrogen-bond acceptors (Lipinski definition) is 4. The number of methoxy groups -OCH3 is 1. The first-order chi connectivity index (χ1) is 12.7. The summed E-state index contributed by atoms with van der Waals surface area (Å²) < 4.78 is 10.5. The fraction of sp³-hybridized carbons (Fsp3) is 0.333. The molecule has 0 aromatic heterocycles. The molecule has 2 aromatic carbocycles. The van der Waals surface area contributed by atoms with Crippen molar-refractivity contribution in [1.29, 1.82) is 0 Å². The molecule has 0 aliphatic carbocycles. The molecular formula is C21H23NO4. The summed E-state index contributed by atoms with van der Waals surface area (Å²) in [5.74, 6) is 0.677. The summed E-state index contributed by atoms with van der Waals surface area (Å²) in [4.78, 5) is 25.7. The molecule has 0 spiro atoms. The van der Waals surface area contributed by atoms with Gasteiger partial charge in [0.15, 0.2) is 0 Å². The Hall–Kier alpha value is -2.82. The van der Waals surface area contributed by atoms with Crippen LogP contribution >= 0.6 is 0 Å². The maximum Gasteiger partial charge on any atom is 0.338 e. The van der Waals surface area contributed by atoms with Gasteiger partial charge in [-0.05, 0) is 41.8 Å². The largest absolute Gasteiger partial charge is 0.497 e. The van der Waals surface area contributed by atoms with Gasteiger partial charge in [0.1, 0.15) is 5.75 Å². The second kappa shape index (κ2) is 8.52. The Morgan fingerprint density at radius 3 is 2.35 bits per heavy atom. The zero-order valence-corrected chi connectivity index (χ0v) is 14.9. The number of ether oxygens (including phenoxy) is 2. The Morgan fingerprint density at radius 2 is 1.73 bits per heavy atom. The lowest BCUT2D eigenvalue weighted by atomic mass is 10.1. The van der Waals surface area contributed by atoms with Crippen LogP contribution in [0.5, 0.6) is 5.75 Å². The Morgan fingerprint density at radius 1 is 1.04 bits per heavy atom. The van der Waals surface area contributed by atoms with Crippen LogP contribution in [0.3, 0.4) is 0 Å². The van der Waals surface area contributed by atoms with Crippen LogP contribution in [0.2, 0.25) is 0 Å². The van der Waals surface area contributed by atoms with Crippen LogP contribution in [0.25, 0.3) is 0 Å². The van der Waals surface area contributed by atoms with Crippen LogP contribution in [0.4, 0.5) is 0 Å². The van der Waals surface area contributed by atoms with Crippen molar-refractivity contribution in [1.82, 2.24) is 4.90 Å². The average molecular weight is 353 g/mol. The van der Waals surface area contributed by atoms with Gasteiger partial charge in [0.05, 0.1) is 19.3 Å². The molecule has 1 saturated heterocycles. The van der Waals surface area contributed by atoms with Crippen molar-refractivity contribution in [3.8, 4) is 5.75 Å². The number of carbonyl (C=O) groups excluding carboxylic acids is 2. The summed E-state index contributed by atoms with van der Waals surface area (Å²) in [5, 5.41) is 0. The smallest absolute Gasteiger partial charge is 0.338 e. The van der Waals surface area contributed by atoms with Gasteiger partial charge in [-0.1, -0.05) is 24.3 Å². The van der Waals surface area contributed by atoms with E-state index in [2.05, 4.69) is 0 Å². The molecule has 5 heteroatoms. The van der Waals surface area contributed by atoms with Gasteiger partial charge in [-0.3, -0.25) is 4.79 Å². The standard InChI is InChI=1S/C21H23NO4/c1-25-19-10-6-16(7-11-19)12-14-26-21(24)18-8-4-17(5-9-18)15-22-13-2-3-20(22)23/h4-11H,2-3,12-15H2,1H3. The lowest BCUT2D eigenvalue weighted by molar-refractivity contribution is -0.128. The molecule has 136 valence electrons. The molecule has 26 heavy (non-hydrogen) atoms. The van der Waals surface area contributed by atoms with E-state index in [0.29, 0.717) is 31.6 Å². The third-order valence-corrected chi connectivity index (χ3v) is 4.52. The fourth-order valence-electron chi connectivity index (χ4n) is 2.97. The second-order valence-corrected chi connectivity index (χ2v) is 6.35. The average Bonchev–Trinajstić information content (AvgIpc) is 3.07. The van der Waals surface area contributed by atoms with Crippen molar-refractivity contribution in [3.05, 3.63) is 65.2 Å². The highest BCUT2D eigenvalue weighted by molar-refractivity contribution is 5.89. The van der Waals surface area contributed by atoms with Crippen LogP contribution in [0.1, 0.15) is 34.3 Å². The third kappa shape index (κ3) is 4.63. The zero-order chi connectivity index (χ0) is 18.4. The van der Waals surface area contributed by atoms with E-state index in [-0.39, 0.29) is 11.9 Å². The van der Waals surface area contributed by atoms with Crippen LogP contribution in [0, 0.1) is 0 Å². The monoisotopic (exact) mass is 353 g/mol. The van der Waals surface area contributed by atoms with E-state index in [1.165, 1.54) is 0 Å². The second-order valence-electron chi connectivity index (χ2n) is 6.35. The maximum absolute atomic E-state index is 12.1. The van der Waals surface area contributed by atoms with Crippen LogP contribution in [-0.4, -0.2) is 37.0 Å². The van der Waals surface area contributed by atoms with Crippen molar-refractivity contribution >= 4 is 11.9 Å². The molecule has 0 unspecified atom stereocenters. The van der Waals surface area contributed by atoms with E-state index >= 15 is 0 Å². The number of nitrogens with zero attached hydrogens (tertiary/aromatic N) is 1. The summed E-state index contributed by atoms with van der Waals surface area (Å²) in [6.07, 6.45) is 2.22. The number of rotatable bonds is 7.